The van der Waals surface area contributed by atoms with E-state index < -0.39 is 29.8 Å². The van der Waals surface area contributed by atoms with E-state index in [2.05, 4.69) is 31.9 Å². The molecular weight excluding hydrogens is 414 g/mol. The van der Waals surface area contributed by atoms with Crippen molar-refractivity contribution in [3.63, 3.8) is 0 Å². The van der Waals surface area contributed by atoms with Gasteiger partial charge in [-0.2, -0.15) is 0 Å². The van der Waals surface area contributed by atoms with Crippen molar-refractivity contribution in [1.82, 2.24) is 0 Å². The predicted molar refractivity (Wildman–Crippen MR) is 83.2 cm³/mol. The van der Waals surface area contributed by atoms with Gasteiger partial charge in [0.2, 0.25) is 0 Å². The molecule has 0 amide bonds. The number of hydrogen-bond acceptors (Lipinski definition) is 4. The Morgan fingerprint density at radius 1 is 1.35 bits per heavy atom. The molecule has 1 heterocycles. The lowest BCUT2D eigenvalue weighted by Gasteiger charge is -2.13. The standard InChI is InChI=1S/C12H11Br2NO4S/c1-8-11(10(13)9-5-3-2-4-6-9)20(18,19)7-12(8,14)15(16)17/h2-6,10H,7H2,1H3. The highest BCUT2D eigenvalue weighted by atomic mass is 79.9. The minimum absolute atomic E-state index is 0.0669. The lowest BCUT2D eigenvalue weighted by atomic mass is 10.1. The maximum atomic E-state index is 12.3. The molecule has 5 nitrogen and oxygen atoms in total. The van der Waals surface area contributed by atoms with E-state index in [-0.39, 0.29) is 10.5 Å². The molecule has 108 valence electrons. The van der Waals surface area contributed by atoms with Crippen molar-refractivity contribution >= 4 is 41.7 Å². The fraction of sp³-hybridized carbons (Fsp3) is 0.333. The van der Waals surface area contributed by atoms with Crippen molar-refractivity contribution in [2.24, 2.45) is 0 Å². The first kappa shape index (κ1) is 15.7. The summed E-state index contributed by atoms with van der Waals surface area (Å²) in [4.78, 5) is 10.0. The maximum Gasteiger partial charge on any atom is 0.310 e. The van der Waals surface area contributed by atoms with E-state index >= 15 is 0 Å². The van der Waals surface area contributed by atoms with Gasteiger partial charge in [-0.15, -0.1) is 0 Å². The number of benzene rings is 1. The van der Waals surface area contributed by atoms with Crippen molar-refractivity contribution in [3.05, 3.63) is 56.5 Å². The molecule has 0 aliphatic carbocycles. The Morgan fingerprint density at radius 3 is 2.35 bits per heavy atom. The van der Waals surface area contributed by atoms with Crippen LogP contribution in [0.2, 0.25) is 0 Å². The Balaban J connectivity index is 2.59. The summed E-state index contributed by atoms with van der Waals surface area (Å²) >= 11 is 6.32. The number of sulfone groups is 1. The molecule has 1 aromatic rings. The van der Waals surface area contributed by atoms with Gasteiger partial charge in [-0.05, 0) is 12.5 Å². The molecule has 2 atom stereocenters. The monoisotopic (exact) mass is 423 g/mol. The minimum atomic E-state index is -3.69. The third-order valence-electron chi connectivity index (χ3n) is 3.27. The summed E-state index contributed by atoms with van der Waals surface area (Å²) in [6.07, 6.45) is 0. The average Bonchev–Trinajstić information content (AvgIpc) is 2.57. The van der Waals surface area contributed by atoms with Gasteiger partial charge in [-0.3, -0.25) is 10.1 Å². The third kappa shape index (κ3) is 2.44. The van der Waals surface area contributed by atoms with E-state index in [1.54, 1.807) is 24.3 Å². The summed E-state index contributed by atoms with van der Waals surface area (Å²) in [5.41, 5.74) is 0.957. The molecule has 20 heavy (non-hydrogen) atoms. The fourth-order valence-electron chi connectivity index (χ4n) is 2.17. The Labute approximate surface area is 133 Å². The highest BCUT2D eigenvalue weighted by Gasteiger charge is 2.56. The van der Waals surface area contributed by atoms with Crippen LogP contribution in [0, 0.1) is 10.1 Å². The van der Waals surface area contributed by atoms with Crippen LogP contribution in [0.15, 0.2) is 40.8 Å². The minimum Gasteiger partial charge on any atom is -0.263 e. The molecule has 1 aromatic carbocycles. The second kappa shape index (κ2) is 5.23. The Morgan fingerprint density at radius 2 is 1.90 bits per heavy atom. The van der Waals surface area contributed by atoms with E-state index in [1.165, 1.54) is 6.92 Å². The van der Waals surface area contributed by atoms with Gasteiger partial charge in [0.05, 0.1) is 9.73 Å². The molecule has 2 rings (SSSR count). The molecule has 0 saturated heterocycles. The molecule has 2 unspecified atom stereocenters. The lowest BCUT2D eigenvalue weighted by molar-refractivity contribution is -0.518. The van der Waals surface area contributed by atoms with Crippen LogP contribution >= 0.6 is 31.9 Å². The van der Waals surface area contributed by atoms with E-state index in [9.17, 15) is 18.5 Å². The normalized spacial score (nSPS) is 26.6. The molecule has 0 aromatic heterocycles. The average molecular weight is 425 g/mol. The van der Waals surface area contributed by atoms with Gasteiger partial charge >= 0.3 is 4.45 Å². The van der Waals surface area contributed by atoms with Gasteiger partial charge in [0, 0.05) is 26.4 Å². The quantitative estimate of drug-likeness (QED) is 0.323. The van der Waals surface area contributed by atoms with Crippen LogP contribution in [-0.4, -0.2) is 23.5 Å². The molecule has 0 saturated carbocycles. The molecule has 1 aliphatic heterocycles. The number of rotatable bonds is 3. The van der Waals surface area contributed by atoms with E-state index in [0.717, 1.165) is 5.56 Å². The van der Waals surface area contributed by atoms with Crippen molar-refractivity contribution in [2.45, 2.75) is 16.2 Å². The first-order valence-electron chi connectivity index (χ1n) is 5.66. The summed E-state index contributed by atoms with van der Waals surface area (Å²) in [5.74, 6) is -0.566. The third-order valence-corrected chi connectivity index (χ3v) is 8.11. The first-order valence-corrected chi connectivity index (χ1v) is 9.02. The summed E-state index contributed by atoms with van der Waals surface area (Å²) in [5, 5.41) is 11.2. The Hall–Kier alpha value is -0.730. The molecule has 0 N–H and O–H groups in total. The summed E-state index contributed by atoms with van der Waals surface area (Å²) < 4.78 is 22.8. The summed E-state index contributed by atoms with van der Waals surface area (Å²) in [6.45, 7) is 1.48. The fourth-order valence-corrected chi connectivity index (χ4v) is 6.99. The number of nitrogens with zero attached hydrogens (tertiary/aromatic N) is 1. The van der Waals surface area contributed by atoms with Crippen molar-refractivity contribution in [3.8, 4) is 0 Å². The van der Waals surface area contributed by atoms with E-state index in [0.29, 0.717) is 0 Å². The number of nitro groups is 1. The number of alkyl halides is 2. The SMILES string of the molecule is CC1=C(C(Br)c2ccccc2)S(=O)(=O)CC1(Br)[N+](=O)[O-]. The van der Waals surface area contributed by atoms with Crippen molar-refractivity contribution in [1.29, 1.82) is 0 Å². The maximum absolute atomic E-state index is 12.3. The van der Waals surface area contributed by atoms with Crippen LogP contribution < -0.4 is 0 Å². The van der Waals surface area contributed by atoms with Crippen LogP contribution in [0.1, 0.15) is 17.3 Å². The number of allylic oxidation sites excluding steroid dienone is 1. The highest BCUT2D eigenvalue weighted by Crippen LogP contribution is 2.48. The molecule has 1 aliphatic rings. The zero-order valence-corrected chi connectivity index (χ0v) is 14.4. The van der Waals surface area contributed by atoms with Gasteiger partial charge in [-0.1, -0.05) is 46.3 Å². The predicted octanol–water partition coefficient (Wildman–Crippen LogP) is 3.19. The van der Waals surface area contributed by atoms with Crippen molar-refractivity contribution < 1.29 is 13.3 Å². The van der Waals surface area contributed by atoms with Gasteiger partial charge in [-0.25, -0.2) is 8.42 Å². The molecule has 0 radical (unpaired) electrons. The van der Waals surface area contributed by atoms with E-state index in [4.69, 9.17) is 0 Å². The van der Waals surface area contributed by atoms with Crippen molar-refractivity contribution in [2.75, 3.05) is 5.75 Å². The molecule has 0 bridgehead atoms. The van der Waals surface area contributed by atoms with Crippen LogP contribution in [0.4, 0.5) is 0 Å². The molecule has 8 heteroatoms. The zero-order chi connectivity index (χ0) is 15.1. The number of hydrogen-bond donors (Lipinski definition) is 0. The Bertz CT molecular complexity index is 687. The second-order valence-corrected chi connectivity index (χ2v) is 8.72. The molecule has 0 spiro atoms. The largest absolute Gasteiger partial charge is 0.310 e. The zero-order valence-electron chi connectivity index (χ0n) is 10.4. The second-order valence-electron chi connectivity index (χ2n) is 4.54. The van der Waals surface area contributed by atoms with Crippen LogP contribution in [0.3, 0.4) is 0 Å². The van der Waals surface area contributed by atoms with Gasteiger partial charge in [0.1, 0.15) is 5.75 Å². The van der Waals surface area contributed by atoms with Gasteiger partial charge < -0.3 is 0 Å². The molecular formula is C12H11Br2NO4S. The molecule has 0 fully saturated rings. The van der Waals surface area contributed by atoms with E-state index in [1.807, 2.05) is 6.07 Å². The number of halogens is 2. The van der Waals surface area contributed by atoms with Gasteiger partial charge in [0.15, 0.2) is 9.84 Å². The topological polar surface area (TPSA) is 77.3 Å². The van der Waals surface area contributed by atoms with Crippen LogP contribution in [0.25, 0.3) is 0 Å². The summed E-state index contributed by atoms with van der Waals surface area (Å²) in [6, 6.07) is 8.94. The van der Waals surface area contributed by atoms with Crippen LogP contribution in [0.5, 0.6) is 0 Å². The van der Waals surface area contributed by atoms with Gasteiger partial charge in [0.25, 0.3) is 0 Å². The highest BCUT2D eigenvalue weighted by molar-refractivity contribution is 9.10. The summed E-state index contributed by atoms with van der Waals surface area (Å²) in [7, 11) is -3.69. The van der Waals surface area contributed by atoms with Crippen LogP contribution in [-0.2, 0) is 9.84 Å². The first-order chi connectivity index (χ1) is 9.20. The Kier molecular flexibility index (Phi) is 4.10. The lowest BCUT2D eigenvalue weighted by Crippen LogP contribution is -2.34. The smallest absolute Gasteiger partial charge is 0.263 e.